The zero-order chi connectivity index (χ0) is 20.9. The van der Waals surface area contributed by atoms with Crippen LogP contribution in [0.3, 0.4) is 0 Å². The predicted molar refractivity (Wildman–Crippen MR) is 112 cm³/mol. The fourth-order valence-electron chi connectivity index (χ4n) is 4.04. The van der Waals surface area contributed by atoms with Gasteiger partial charge in [-0.1, -0.05) is 6.42 Å². The van der Waals surface area contributed by atoms with Gasteiger partial charge in [0.15, 0.2) is 0 Å². The molecule has 1 aromatic carbocycles. The number of hydrogen-bond acceptors (Lipinski definition) is 5. The van der Waals surface area contributed by atoms with Gasteiger partial charge in [0, 0.05) is 25.2 Å². The van der Waals surface area contributed by atoms with Gasteiger partial charge in [-0.25, -0.2) is 8.42 Å². The maximum atomic E-state index is 12.9. The lowest BCUT2D eigenvalue weighted by atomic mass is 10.1. The van der Waals surface area contributed by atoms with E-state index in [1.165, 1.54) is 35.7 Å². The van der Waals surface area contributed by atoms with Gasteiger partial charge in [0.1, 0.15) is 0 Å². The molecule has 2 fully saturated rings. The minimum Gasteiger partial charge on any atom is -0.373 e. The van der Waals surface area contributed by atoms with Crippen LogP contribution in [0.15, 0.2) is 29.2 Å². The van der Waals surface area contributed by atoms with E-state index in [2.05, 4.69) is 10.2 Å². The molecule has 0 bridgehead atoms. The van der Waals surface area contributed by atoms with Crippen LogP contribution in [0.25, 0.3) is 0 Å². The number of amides is 1. The smallest absolute Gasteiger partial charge is 0.251 e. The Kier molecular flexibility index (Phi) is 7.67. The van der Waals surface area contributed by atoms with Crippen LogP contribution in [0.1, 0.15) is 49.9 Å². The van der Waals surface area contributed by atoms with Crippen LogP contribution >= 0.6 is 0 Å². The maximum absolute atomic E-state index is 12.9. The van der Waals surface area contributed by atoms with Crippen LogP contribution in [0.5, 0.6) is 0 Å². The Morgan fingerprint density at radius 3 is 2.31 bits per heavy atom. The Morgan fingerprint density at radius 1 is 1.07 bits per heavy atom. The first-order chi connectivity index (χ1) is 13.9. The zero-order valence-electron chi connectivity index (χ0n) is 17.5. The number of carbonyl (C=O) groups is 1. The molecule has 29 heavy (non-hydrogen) atoms. The SMILES string of the molecule is C[C@@H]1CN(S(=O)(=O)c2ccc(C(=O)NCCCN3CCCCC3)cc2)C[C@@H](C)O1. The number of hydrogen-bond donors (Lipinski definition) is 1. The Morgan fingerprint density at radius 2 is 1.69 bits per heavy atom. The van der Waals surface area contributed by atoms with Crippen molar-refractivity contribution in [2.75, 3.05) is 39.3 Å². The van der Waals surface area contributed by atoms with Crippen molar-refractivity contribution in [2.45, 2.75) is 56.6 Å². The van der Waals surface area contributed by atoms with Crippen molar-refractivity contribution in [1.29, 1.82) is 0 Å². The number of ether oxygens (including phenoxy) is 1. The molecule has 2 saturated heterocycles. The molecule has 0 aromatic heterocycles. The first-order valence-electron chi connectivity index (χ1n) is 10.6. The second kappa shape index (κ2) is 10.0. The lowest BCUT2D eigenvalue weighted by Gasteiger charge is -2.34. The number of benzene rings is 1. The number of nitrogens with one attached hydrogen (secondary N) is 1. The molecule has 0 spiro atoms. The van der Waals surface area contributed by atoms with Crippen LogP contribution in [0.2, 0.25) is 0 Å². The molecule has 2 atom stereocenters. The van der Waals surface area contributed by atoms with E-state index in [1.807, 2.05) is 13.8 Å². The zero-order valence-corrected chi connectivity index (χ0v) is 18.3. The van der Waals surface area contributed by atoms with Crippen molar-refractivity contribution in [2.24, 2.45) is 0 Å². The molecule has 162 valence electrons. The number of likely N-dealkylation sites (tertiary alicyclic amines) is 1. The summed E-state index contributed by atoms with van der Waals surface area (Å²) in [5.41, 5.74) is 0.477. The predicted octanol–water partition coefficient (Wildman–Crippen LogP) is 2.09. The van der Waals surface area contributed by atoms with Crippen molar-refractivity contribution in [1.82, 2.24) is 14.5 Å². The van der Waals surface area contributed by atoms with E-state index in [0.29, 0.717) is 25.2 Å². The van der Waals surface area contributed by atoms with Crippen LogP contribution in [-0.2, 0) is 14.8 Å². The van der Waals surface area contributed by atoms with Crippen LogP contribution in [-0.4, -0.2) is 75.0 Å². The summed E-state index contributed by atoms with van der Waals surface area (Å²) in [7, 11) is -3.59. The molecule has 8 heteroatoms. The van der Waals surface area contributed by atoms with Crippen LogP contribution in [0, 0.1) is 0 Å². The molecule has 2 aliphatic rings. The van der Waals surface area contributed by atoms with Crippen molar-refractivity contribution < 1.29 is 17.9 Å². The highest BCUT2D eigenvalue weighted by Crippen LogP contribution is 2.21. The van der Waals surface area contributed by atoms with E-state index in [9.17, 15) is 13.2 Å². The minimum atomic E-state index is -3.59. The van der Waals surface area contributed by atoms with E-state index >= 15 is 0 Å². The third kappa shape index (κ3) is 6.01. The van der Waals surface area contributed by atoms with Crippen molar-refractivity contribution >= 4 is 15.9 Å². The number of rotatable bonds is 7. The molecule has 1 amide bonds. The molecule has 2 heterocycles. The van der Waals surface area contributed by atoms with Crippen LogP contribution < -0.4 is 5.32 Å². The summed E-state index contributed by atoms with van der Waals surface area (Å²) in [4.78, 5) is 15.0. The average Bonchev–Trinajstić information content (AvgIpc) is 2.71. The van der Waals surface area contributed by atoms with Gasteiger partial charge in [-0.3, -0.25) is 4.79 Å². The number of sulfonamides is 1. The number of carbonyl (C=O) groups excluding carboxylic acids is 1. The van der Waals surface area contributed by atoms with Gasteiger partial charge in [-0.05, 0) is 77.0 Å². The minimum absolute atomic E-state index is 0.136. The summed E-state index contributed by atoms with van der Waals surface area (Å²) in [5.74, 6) is -0.166. The lowest BCUT2D eigenvalue weighted by molar-refractivity contribution is -0.0440. The first kappa shape index (κ1) is 22.2. The summed E-state index contributed by atoms with van der Waals surface area (Å²) < 4.78 is 32.9. The third-order valence-electron chi connectivity index (χ3n) is 5.53. The lowest BCUT2D eigenvalue weighted by Crippen LogP contribution is -2.48. The van der Waals surface area contributed by atoms with E-state index in [1.54, 1.807) is 12.1 Å². The molecular formula is C21H33N3O4S. The number of morpholine rings is 1. The molecule has 0 saturated carbocycles. The molecule has 1 N–H and O–H groups in total. The van der Waals surface area contributed by atoms with Gasteiger partial charge >= 0.3 is 0 Å². The largest absolute Gasteiger partial charge is 0.373 e. The van der Waals surface area contributed by atoms with Gasteiger partial charge in [0.2, 0.25) is 10.0 Å². The second-order valence-corrected chi connectivity index (χ2v) is 10.1. The highest BCUT2D eigenvalue weighted by molar-refractivity contribution is 7.89. The fraction of sp³-hybridized carbons (Fsp3) is 0.667. The maximum Gasteiger partial charge on any atom is 0.251 e. The van der Waals surface area contributed by atoms with Gasteiger partial charge in [-0.2, -0.15) is 4.31 Å². The molecule has 2 aliphatic heterocycles. The Hall–Kier alpha value is -1.48. The van der Waals surface area contributed by atoms with E-state index in [-0.39, 0.29) is 23.0 Å². The standard InChI is InChI=1S/C21H33N3O4S/c1-17-15-24(16-18(2)28-17)29(26,27)20-9-7-19(8-10-20)21(25)22-11-6-14-23-12-4-3-5-13-23/h7-10,17-18H,3-6,11-16H2,1-2H3,(H,22,25)/t17-,18-/m1/s1. The summed E-state index contributed by atoms with van der Waals surface area (Å²) in [6.45, 7) is 8.37. The fourth-order valence-corrected chi connectivity index (χ4v) is 5.63. The molecule has 0 aliphatic carbocycles. The monoisotopic (exact) mass is 423 g/mol. The van der Waals surface area contributed by atoms with Gasteiger partial charge in [0.25, 0.3) is 5.91 Å². The third-order valence-corrected chi connectivity index (χ3v) is 7.37. The molecule has 3 rings (SSSR count). The topological polar surface area (TPSA) is 79.0 Å². The molecule has 1 aromatic rings. The highest BCUT2D eigenvalue weighted by Gasteiger charge is 2.32. The van der Waals surface area contributed by atoms with Crippen molar-refractivity contribution in [3.8, 4) is 0 Å². The Balaban J connectivity index is 1.51. The quantitative estimate of drug-likeness (QED) is 0.680. The van der Waals surface area contributed by atoms with Gasteiger partial charge in [0.05, 0.1) is 17.1 Å². The van der Waals surface area contributed by atoms with Crippen molar-refractivity contribution in [3.63, 3.8) is 0 Å². The first-order valence-corrected chi connectivity index (χ1v) is 12.1. The van der Waals surface area contributed by atoms with E-state index in [4.69, 9.17) is 4.74 Å². The second-order valence-electron chi connectivity index (χ2n) is 8.12. The molecule has 0 radical (unpaired) electrons. The molecule has 0 unspecified atom stereocenters. The van der Waals surface area contributed by atoms with Crippen LogP contribution in [0.4, 0.5) is 0 Å². The van der Waals surface area contributed by atoms with E-state index < -0.39 is 10.0 Å². The highest BCUT2D eigenvalue weighted by atomic mass is 32.2. The summed E-state index contributed by atoms with van der Waals surface area (Å²) in [6.07, 6.45) is 4.51. The average molecular weight is 424 g/mol. The van der Waals surface area contributed by atoms with Gasteiger partial charge < -0.3 is 15.0 Å². The summed E-state index contributed by atoms with van der Waals surface area (Å²) >= 11 is 0. The normalized spacial score (nSPS) is 24.3. The Bertz CT molecular complexity index is 766. The van der Waals surface area contributed by atoms with E-state index in [0.717, 1.165) is 26.1 Å². The number of nitrogens with zero attached hydrogens (tertiary/aromatic N) is 2. The number of piperidine rings is 1. The summed E-state index contributed by atoms with van der Waals surface area (Å²) in [5, 5.41) is 2.93. The molecular weight excluding hydrogens is 390 g/mol. The van der Waals surface area contributed by atoms with Crippen molar-refractivity contribution in [3.05, 3.63) is 29.8 Å². The van der Waals surface area contributed by atoms with Gasteiger partial charge in [-0.15, -0.1) is 0 Å². The molecule has 7 nitrogen and oxygen atoms in total. The Labute approximate surface area is 174 Å². The summed E-state index contributed by atoms with van der Waals surface area (Å²) in [6, 6.07) is 6.20.